The average molecular weight is 293 g/mol. The van der Waals surface area contributed by atoms with E-state index >= 15 is 0 Å². The Hall–Kier alpha value is -1.18. The minimum atomic E-state index is -4.40. The molecule has 0 unspecified atom stereocenters. The fraction of sp³-hybridized carbons (Fsp3) is 0.333. The molecule has 0 radical (unpaired) electrons. The van der Waals surface area contributed by atoms with Gasteiger partial charge in [-0.1, -0.05) is 6.07 Å². The van der Waals surface area contributed by atoms with Crippen molar-refractivity contribution in [1.29, 1.82) is 0 Å². The summed E-state index contributed by atoms with van der Waals surface area (Å²) in [6.45, 7) is -1.51. The Morgan fingerprint density at radius 3 is 2.63 bits per heavy atom. The van der Waals surface area contributed by atoms with Crippen LogP contribution in [-0.4, -0.2) is 12.8 Å². The molecule has 0 bridgehead atoms. The fourth-order valence-electron chi connectivity index (χ4n) is 1.80. The van der Waals surface area contributed by atoms with Crippen molar-refractivity contribution in [3.63, 3.8) is 0 Å². The lowest BCUT2D eigenvalue weighted by atomic mass is 10.1. The van der Waals surface area contributed by atoms with Crippen LogP contribution in [0.3, 0.4) is 0 Å². The van der Waals surface area contributed by atoms with E-state index in [2.05, 4.69) is 4.74 Å². The van der Waals surface area contributed by atoms with E-state index in [1.165, 1.54) is 17.4 Å². The van der Waals surface area contributed by atoms with Gasteiger partial charge >= 0.3 is 6.18 Å². The topological polar surface area (TPSA) is 35.2 Å². The van der Waals surface area contributed by atoms with E-state index < -0.39 is 18.6 Å². The number of thiophene rings is 1. The van der Waals surface area contributed by atoms with Crippen molar-refractivity contribution < 1.29 is 22.3 Å². The van der Waals surface area contributed by atoms with Gasteiger partial charge in [-0.05, 0) is 12.1 Å². The van der Waals surface area contributed by atoms with Crippen molar-refractivity contribution in [1.82, 2.24) is 0 Å². The molecule has 0 aliphatic rings. The van der Waals surface area contributed by atoms with Gasteiger partial charge in [-0.15, -0.1) is 11.3 Å². The number of rotatable bonds is 4. The molecule has 1 heterocycles. The minimum absolute atomic E-state index is 0.142. The zero-order valence-corrected chi connectivity index (χ0v) is 10.6. The maximum absolute atomic E-state index is 13.7. The molecule has 1 aromatic heterocycles. The third-order valence-electron chi connectivity index (χ3n) is 2.54. The van der Waals surface area contributed by atoms with E-state index in [1.807, 2.05) is 0 Å². The summed E-state index contributed by atoms with van der Waals surface area (Å²) in [6.07, 6.45) is -4.40. The van der Waals surface area contributed by atoms with E-state index in [4.69, 9.17) is 5.73 Å². The lowest BCUT2D eigenvalue weighted by Gasteiger charge is -2.08. The number of halogens is 4. The Morgan fingerprint density at radius 2 is 2.00 bits per heavy atom. The van der Waals surface area contributed by atoms with Gasteiger partial charge in [-0.3, -0.25) is 0 Å². The van der Waals surface area contributed by atoms with Crippen LogP contribution in [0.2, 0.25) is 0 Å². The molecule has 1 aromatic carbocycles. The number of alkyl halides is 3. The predicted molar refractivity (Wildman–Crippen MR) is 65.4 cm³/mol. The second-order valence-electron chi connectivity index (χ2n) is 3.93. The monoisotopic (exact) mass is 293 g/mol. The molecule has 0 fully saturated rings. The Balaban J connectivity index is 2.30. The van der Waals surface area contributed by atoms with Gasteiger partial charge in [-0.25, -0.2) is 4.39 Å². The van der Waals surface area contributed by atoms with Crippen LogP contribution in [0.5, 0.6) is 0 Å². The maximum atomic E-state index is 13.7. The van der Waals surface area contributed by atoms with Crippen molar-refractivity contribution in [2.45, 2.75) is 19.3 Å². The third kappa shape index (κ3) is 3.23. The summed E-state index contributed by atoms with van der Waals surface area (Å²) < 4.78 is 55.1. The van der Waals surface area contributed by atoms with E-state index in [1.54, 1.807) is 12.1 Å². The van der Waals surface area contributed by atoms with Gasteiger partial charge in [0.2, 0.25) is 0 Å². The summed E-state index contributed by atoms with van der Waals surface area (Å²) in [5, 5.41) is 0.301. The molecule has 2 aromatic rings. The van der Waals surface area contributed by atoms with Crippen LogP contribution >= 0.6 is 11.3 Å². The van der Waals surface area contributed by atoms with Crippen LogP contribution in [0.4, 0.5) is 17.6 Å². The molecule has 104 valence electrons. The van der Waals surface area contributed by atoms with Crippen LogP contribution in [0.25, 0.3) is 10.1 Å². The lowest BCUT2D eigenvalue weighted by molar-refractivity contribution is -0.176. The van der Waals surface area contributed by atoms with Crippen LogP contribution in [0, 0.1) is 5.82 Å². The van der Waals surface area contributed by atoms with E-state index in [-0.39, 0.29) is 13.2 Å². The molecule has 0 atom stereocenters. The average Bonchev–Trinajstić information content (AvgIpc) is 2.67. The van der Waals surface area contributed by atoms with Crippen LogP contribution in [-0.2, 0) is 17.9 Å². The normalized spacial score (nSPS) is 12.3. The zero-order valence-electron chi connectivity index (χ0n) is 9.76. The number of hydrogen-bond donors (Lipinski definition) is 1. The van der Waals surface area contributed by atoms with Crippen molar-refractivity contribution in [2.75, 3.05) is 6.61 Å². The molecule has 0 amide bonds. The molecule has 2 N–H and O–H groups in total. The summed E-state index contributed by atoms with van der Waals surface area (Å²) in [4.78, 5) is 0.641. The first-order chi connectivity index (χ1) is 8.92. The lowest BCUT2D eigenvalue weighted by Crippen LogP contribution is -2.17. The standard InChI is InChI=1S/C12H11F4NOS/c13-8-2-1-3-9-11(8)7(10(4-17)19-9)5-18-6-12(14,15)16/h1-3H,4-6,17H2. The summed E-state index contributed by atoms with van der Waals surface area (Å²) in [7, 11) is 0. The number of fused-ring (bicyclic) bond motifs is 1. The minimum Gasteiger partial charge on any atom is -0.367 e. The van der Waals surface area contributed by atoms with Crippen LogP contribution in [0.15, 0.2) is 18.2 Å². The molecule has 7 heteroatoms. The van der Waals surface area contributed by atoms with Gasteiger partial charge in [0.1, 0.15) is 12.4 Å². The molecule has 0 saturated carbocycles. The van der Waals surface area contributed by atoms with Crippen LogP contribution in [0.1, 0.15) is 10.4 Å². The predicted octanol–water partition coefficient (Wildman–Crippen LogP) is 3.58. The largest absolute Gasteiger partial charge is 0.411 e. The van der Waals surface area contributed by atoms with Gasteiger partial charge in [0.15, 0.2) is 0 Å². The zero-order chi connectivity index (χ0) is 14.0. The second kappa shape index (κ2) is 5.44. The maximum Gasteiger partial charge on any atom is 0.411 e. The summed E-state index contributed by atoms with van der Waals surface area (Å²) in [5.74, 6) is -0.473. The Morgan fingerprint density at radius 1 is 1.26 bits per heavy atom. The summed E-state index contributed by atoms with van der Waals surface area (Å²) >= 11 is 1.27. The Kier molecular flexibility index (Phi) is 4.07. The highest BCUT2D eigenvalue weighted by Gasteiger charge is 2.28. The molecule has 0 spiro atoms. The highest BCUT2D eigenvalue weighted by molar-refractivity contribution is 7.19. The van der Waals surface area contributed by atoms with Gasteiger partial charge in [0, 0.05) is 27.1 Å². The van der Waals surface area contributed by atoms with Crippen molar-refractivity contribution in [3.05, 3.63) is 34.5 Å². The number of ether oxygens (including phenoxy) is 1. The number of nitrogens with two attached hydrogens (primary N) is 1. The molecular weight excluding hydrogens is 282 g/mol. The van der Waals surface area contributed by atoms with Gasteiger partial charge in [0.05, 0.1) is 6.61 Å². The third-order valence-corrected chi connectivity index (χ3v) is 3.76. The summed E-state index contributed by atoms with van der Waals surface area (Å²) in [6, 6.07) is 4.52. The molecule has 2 rings (SSSR count). The molecule has 0 saturated heterocycles. The van der Waals surface area contributed by atoms with E-state index in [0.717, 1.165) is 0 Å². The highest BCUT2D eigenvalue weighted by Crippen LogP contribution is 2.33. The first-order valence-electron chi connectivity index (χ1n) is 5.45. The molecule has 19 heavy (non-hydrogen) atoms. The van der Waals surface area contributed by atoms with Crippen molar-refractivity contribution >= 4 is 21.4 Å². The summed E-state index contributed by atoms with van der Waals surface area (Å²) in [5.41, 5.74) is 5.94. The smallest absolute Gasteiger partial charge is 0.367 e. The molecular formula is C12H11F4NOS. The Labute approximate surface area is 110 Å². The number of benzene rings is 1. The Bertz CT molecular complexity index is 579. The highest BCUT2D eigenvalue weighted by atomic mass is 32.1. The SMILES string of the molecule is NCc1sc2cccc(F)c2c1COCC(F)(F)F. The van der Waals surface area contributed by atoms with Crippen LogP contribution < -0.4 is 5.73 Å². The molecule has 0 aliphatic heterocycles. The van der Waals surface area contributed by atoms with Gasteiger partial charge < -0.3 is 10.5 Å². The van der Waals surface area contributed by atoms with Gasteiger partial charge in [-0.2, -0.15) is 13.2 Å². The quantitative estimate of drug-likeness (QED) is 0.875. The van der Waals surface area contributed by atoms with E-state index in [9.17, 15) is 17.6 Å². The molecule has 2 nitrogen and oxygen atoms in total. The number of hydrogen-bond acceptors (Lipinski definition) is 3. The van der Waals surface area contributed by atoms with Crippen molar-refractivity contribution in [3.8, 4) is 0 Å². The first kappa shape index (κ1) is 14.2. The molecule has 0 aliphatic carbocycles. The van der Waals surface area contributed by atoms with Gasteiger partial charge in [0.25, 0.3) is 0 Å². The second-order valence-corrected chi connectivity index (χ2v) is 5.07. The van der Waals surface area contributed by atoms with E-state index in [0.29, 0.717) is 20.5 Å². The first-order valence-corrected chi connectivity index (χ1v) is 6.27. The van der Waals surface area contributed by atoms with Crippen molar-refractivity contribution in [2.24, 2.45) is 5.73 Å². The fourth-order valence-corrected chi connectivity index (χ4v) is 2.90.